The van der Waals surface area contributed by atoms with E-state index in [-0.39, 0.29) is 5.02 Å². The van der Waals surface area contributed by atoms with Gasteiger partial charge in [-0.2, -0.15) is 4.98 Å². The van der Waals surface area contributed by atoms with Crippen molar-refractivity contribution >= 4 is 23.1 Å². The average molecular weight is 366 g/mol. The fourth-order valence-corrected chi connectivity index (χ4v) is 2.72. The Morgan fingerprint density at radius 3 is 2.80 bits per heavy atom. The number of anilines is 2. The van der Waals surface area contributed by atoms with Crippen LogP contribution < -0.4 is 10.1 Å². The standard InChI is InChI=1S/C17H21ClFN5O/c1-23-6-8-24(9-7-23)10-11-25-17-20-5-4-16(22-17)21-13-2-3-15(19)14(18)12-13/h2-5,12H,6-11H2,1H3,(H,20,21,22). The van der Waals surface area contributed by atoms with Crippen LogP contribution >= 0.6 is 11.6 Å². The van der Waals surface area contributed by atoms with Gasteiger partial charge in [-0.15, -0.1) is 0 Å². The molecule has 0 bridgehead atoms. The average Bonchev–Trinajstić information content (AvgIpc) is 2.60. The summed E-state index contributed by atoms with van der Waals surface area (Å²) < 4.78 is 18.9. The Morgan fingerprint density at radius 2 is 2.04 bits per heavy atom. The largest absolute Gasteiger partial charge is 0.462 e. The molecule has 0 saturated carbocycles. The number of hydrogen-bond acceptors (Lipinski definition) is 6. The monoisotopic (exact) mass is 365 g/mol. The van der Waals surface area contributed by atoms with Crippen LogP contribution in [-0.4, -0.2) is 66.1 Å². The molecule has 2 heterocycles. The van der Waals surface area contributed by atoms with E-state index in [2.05, 4.69) is 32.1 Å². The highest BCUT2D eigenvalue weighted by Gasteiger charge is 2.13. The van der Waals surface area contributed by atoms with E-state index in [1.54, 1.807) is 18.3 Å². The van der Waals surface area contributed by atoms with Crippen molar-refractivity contribution in [1.29, 1.82) is 0 Å². The Labute approximate surface area is 151 Å². The summed E-state index contributed by atoms with van der Waals surface area (Å²) >= 11 is 5.78. The van der Waals surface area contributed by atoms with Gasteiger partial charge in [0.25, 0.3) is 0 Å². The number of halogens is 2. The Bertz CT molecular complexity index is 709. The molecule has 0 atom stereocenters. The summed E-state index contributed by atoms with van der Waals surface area (Å²) in [5, 5.41) is 3.12. The molecule has 0 spiro atoms. The van der Waals surface area contributed by atoms with Gasteiger partial charge in [0.2, 0.25) is 0 Å². The molecule has 1 aromatic carbocycles. The molecular formula is C17H21ClFN5O. The molecule has 0 unspecified atom stereocenters. The van der Waals surface area contributed by atoms with Gasteiger partial charge >= 0.3 is 6.01 Å². The van der Waals surface area contributed by atoms with Crippen molar-refractivity contribution < 1.29 is 9.13 Å². The van der Waals surface area contributed by atoms with Crippen LogP contribution in [0.3, 0.4) is 0 Å². The van der Waals surface area contributed by atoms with Crippen LogP contribution in [-0.2, 0) is 0 Å². The number of rotatable bonds is 6. The van der Waals surface area contributed by atoms with Crippen LogP contribution in [0.15, 0.2) is 30.5 Å². The summed E-state index contributed by atoms with van der Waals surface area (Å²) in [7, 11) is 2.13. The van der Waals surface area contributed by atoms with Gasteiger partial charge in [-0.05, 0) is 31.3 Å². The maximum absolute atomic E-state index is 13.2. The third-order valence-electron chi connectivity index (χ3n) is 4.06. The summed E-state index contributed by atoms with van der Waals surface area (Å²) in [5.41, 5.74) is 0.647. The number of hydrogen-bond donors (Lipinski definition) is 1. The molecule has 1 aliphatic rings. The zero-order valence-corrected chi connectivity index (χ0v) is 14.8. The van der Waals surface area contributed by atoms with Crippen molar-refractivity contribution in [2.24, 2.45) is 0 Å². The van der Waals surface area contributed by atoms with Gasteiger partial charge in [-0.1, -0.05) is 11.6 Å². The lowest BCUT2D eigenvalue weighted by Gasteiger charge is -2.31. The molecule has 1 aliphatic heterocycles. The number of aromatic nitrogens is 2. The predicted molar refractivity (Wildman–Crippen MR) is 96.2 cm³/mol. The smallest absolute Gasteiger partial charge is 0.318 e. The number of nitrogens with zero attached hydrogens (tertiary/aromatic N) is 4. The Kier molecular flexibility index (Phi) is 6.01. The molecule has 1 fully saturated rings. The van der Waals surface area contributed by atoms with Crippen molar-refractivity contribution in [2.45, 2.75) is 0 Å². The van der Waals surface area contributed by atoms with Crippen LogP contribution in [0.5, 0.6) is 6.01 Å². The number of ether oxygens (including phenoxy) is 1. The first-order valence-electron chi connectivity index (χ1n) is 8.19. The fraction of sp³-hybridized carbons (Fsp3) is 0.412. The summed E-state index contributed by atoms with van der Waals surface area (Å²) in [6.07, 6.45) is 1.62. The third kappa shape index (κ3) is 5.26. The maximum Gasteiger partial charge on any atom is 0.318 e. The highest BCUT2D eigenvalue weighted by Crippen LogP contribution is 2.22. The van der Waals surface area contributed by atoms with Gasteiger partial charge in [0.05, 0.1) is 5.02 Å². The minimum Gasteiger partial charge on any atom is -0.462 e. The van der Waals surface area contributed by atoms with Gasteiger partial charge in [0.15, 0.2) is 0 Å². The van der Waals surface area contributed by atoms with Crippen LogP contribution in [0.4, 0.5) is 15.9 Å². The summed E-state index contributed by atoms with van der Waals surface area (Å²) in [6.45, 7) is 5.64. The van der Waals surface area contributed by atoms with Gasteiger partial charge in [0, 0.05) is 44.6 Å². The first-order valence-corrected chi connectivity index (χ1v) is 8.57. The number of benzene rings is 1. The van der Waals surface area contributed by atoms with Crippen LogP contribution in [0.25, 0.3) is 0 Å². The van der Waals surface area contributed by atoms with E-state index in [0.717, 1.165) is 32.7 Å². The second-order valence-electron chi connectivity index (χ2n) is 5.97. The topological polar surface area (TPSA) is 53.5 Å². The number of nitrogens with one attached hydrogen (secondary N) is 1. The summed E-state index contributed by atoms with van der Waals surface area (Å²) in [6, 6.07) is 6.43. The Morgan fingerprint density at radius 1 is 1.24 bits per heavy atom. The molecule has 134 valence electrons. The van der Waals surface area contributed by atoms with Gasteiger partial charge in [-0.25, -0.2) is 9.37 Å². The van der Waals surface area contributed by atoms with E-state index in [0.29, 0.717) is 24.1 Å². The molecule has 0 amide bonds. The second kappa shape index (κ2) is 8.42. The SMILES string of the molecule is CN1CCN(CCOc2nccc(Nc3ccc(F)c(Cl)c3)n2)CC1. The highest BCUT2D eigenvalue weighted by atomic mass is 35.5. The van der Waals surface area contributed by atoms with E-state index >= 15 is 0 Å². The molecule has 25 heavy (non-hydrogen) atoms. The maximum atomic E-state index is 13.2. The minimum atomic E-state index is -0.456. The first-order chi connectivity index (χ1) is 12.1. The molecule has 1 saturated heterocycles. The Balaban J connectivity index is 1.51. The lowest BCUT2D eigenvalue weighted by atomic mass is 10.3. The van der Waals surface area contributed by atoms with Crippen molar-refractivity contribution in [2.75, 3.05) is 51.7 Å². The molecule has 3 rings (SSSR count). The van der Waals surface area contributed by atoms with Gasteiger partial charge in [-0.3, -0.25) is 4.90 Å². The van der Waals surface area contributed by atoms with Crippen LogP contribution in [0.1, 0.15) is 0 Å². The number of likely N-dealkylation sites (N-methyl/N-ethyl adjacent to an activating group) is 1. The van der Waals surface area contributed by atoms with Crippen LogP contribution in [0.2, 0.25) is 5.02 Å². The van der Waals surface area contributed by atoms with E-state index in [1.165, 1.54) is 12.1 Å². The molecule has 1 N–H and O–H groups in total. The van der Waals surface area contributed by atoms with Gasteiger partial charge in [0.1, 0.15) is 18.2 Å². The zero-order chi connectivity index (χ0) is 17.6. The molecule has 2 aromatic rings. The van der Waals surface area contributed by atoms with E-state index in [9.17, 15) is 4.39 Å². The predicted octanol–water partition coefficient (Wildman–Crippen LogP) is 2.64. The fourth-order valence-electron chi connectivity index (χ4n) is 2.54. The molecular weight excluding hydrogens is 345 g/mol. The first kappa shape index (κ1) is 17.8. The van der Waals surface area contributed by atoms with Crippen molar-refractivity contribution in [3.05, 3.63) is 41.3 Å². The summed E-state index contributed by atoms with van der Waals surface area (Å²) in [5.74, 6) is 0.107. The van der Waals surface area contributed by atoms with Crippen molar-refractivity contribution in [3.63, 3.8) is 0 Å². The lowest BCUT2D eigenvalue weighted by Crippen LogP contribution is -2.45. The molecule has 1 aromatic heterocycles. The normalized spacial score (nSPS) is 16.0. The molecule has 0 aliphatic carbocycles. The van der Waals surface area contributed by atoms with Crippen molar-refractivity contribution in [1.82, 2.24) is 19.8 Å². The number of piperazine rings is 1. The molecule has 8 heteroatoms. The van der Waals surface area contributed by atoms with Crippen molar-refractivity contribution in [3.8, 4) is 6.01 Å². The van der Waals surface area contributed by atoms with Gasteiger partial charge < -0.3 is 15.0 Å². The Hall–Kier alpha value is -1.96. The lowest BCUT2D eigenvalue weighted by molar-refractivity contribution is 0.131. The van der Waals surface area contributed by atoms with Crippen LogP contribution in [0, 0.1) is 5.82 Å². The van der Waals surface area contributed by atoms with E-state index < -0.39 is 5.82 Å². The van der Waals surface area contributed by atoms with E-state index in [4.69, 9.17) is 16.3 Å². The quantitative estimate of drug-likeness (QED) is 0.849. The molecule has 6 nitrogen and oxygen atoms in total. The zero-order valence-electron chi connectivity index (χ0n) is 14.1. The second-order valence-corrected chi connectivity index (χ2v) is 6.38. The minimum absolute atomic E-state index is 0.0581. The highest BCUT2D eigenvalue weighted by molar-refractivity contribution is 6.31. The summed E-state index contributed by atoms with van der Waals surface area (Å²) in [4.78, 5) is 13.1. The molecule has 0 radical (unpaired) electrons. The third-order valence-corrected chi connectivity index (χ3v) is 4.35. The van der Waals surface area contributed by atoms with E-state index in [1.807, 2.05) is 0 Å².